The molecule has 0 nitrogen and oxygen atoms in total. The highest BCUT2D eigenvalue weighted by atomic mass is 19.1. The summed E-state index contributed by atoms with van der Waals surface area (Å²) >= 11 is 0. The van der Waals surface area contributed by atoms with Crippen molar-refractivity contribution in [3.63, 3.8) is 0 Å². The molecule has 0 heterocycles. The Morgan fingerprint density at radius 2 is 0.690 bits per heavy atom. The van der Waals surface area contributed by atoms with Crippen LogP contribution in [0.25, 0.3) is 22.3 Å². The van der Waals surface area contributed by atoms with Gasteiger partial charge in [-0.2, -0.15) is 0 Å². The largest absolute Gasteiger partial charge is 0.207 e. The van der Waals surface area contributed by atoms with Crippen LogP contribution in [0.1, 0.15) is 11.1 Å². The Morgan fingerprint density at radius 1 is 0.379 bits per heavy atom. The highest BCUT2D eigenvalue weighted by Gasteiger charge is 2.06. The SMILES string of the molecule is Fc1cc(F)cc(-c2ccc(Cc3ccc(-c4cc(F)cc(F)c4)cc3)cc2)c1. The Bertz CT molecular complexity index is 1010. The van der Waals surface area contributed by atoms with Crippen LogP contribution in [0.5, 0.6) is 0 Å². The van der Waals surface area contributed by atoms with Crippen molar-refractivity contribution in [1.82, 2.24) is 0 Å². The van der Waals surface area contributed by atoms with E-state index in [1.54, 1.807) is 0 Å². The summed E-state index contributed by atoms with van der Waals surface area (Å²) in [6, 6.07) is 21.8. The zero-order valence-corrected chi connectivity index (χ0v) is 15.3. The third kappa shape index (κ3) is 4.54. The predicted molar refractivity (Wildman–Crippen MR) is 106 cm³/mol. The first-order valence-electron chi connectivity index (χ1n) is 9.07. The Morgan fingerprint density at radius 3 is 1.00 bits per heavy atom. The molecule has 0 aromatic heterocycles. The summed E-state index contributed by atoms with van der Waals surface area (Å²) in [6.45, 7) is 0. The molecule has 0 fully saturated rings. The van der Waals surface area contributed by atoms with Crippen LogP contribution in [0.2, 0.25) is 0 Å². The van der Waals surface area contributed by atoms with Crippen LogP contribution in [0.4, 0.5) is 17.6 Å². The van der Waals surface area contributed by atoms with Gasteiger partial charge in [-0.3, -0.25) is 0 Å². The summed E-state index contributed by atoms with van der Waals surface area (Å²) in [5.41, 5.74) is 4.51. The van der Waals surface area contributed by atoms with Gasteiger partial charge in [-0.1, -0.05) is 48.5 Å². The maximum atomic E-state index is 13.4. The molecule has 0 aliphatic heterocycles. The Balaban J connectivity index is 1.50. The van der Waals surface area contributed by atoms with Crippen molar-refractivity contribution in [1.29, 1.82) is 0 Å². The number of benzene rings is 4. The second kappa shape index (κ2) is 7.92. The van der Waals surface area contributed by atoms with Gasteiger partial charge in [0.25, 0.3) is 0 Å². The second-order valence-electron chi connectivity index (χ2n) is 6.89. The lowest BCUT2D eigenvalue weighted by Crippen LogP contribution is -1.90. The van der Waals surface area contributed by atoms with Crippen molar-refractivity contribution in [2.45, 2.75) is 6.42 Å². The third-order valence-corrected chi connectivity index (χ3v) is 4.71. The molecule has 144 valence electrons. The second-order valence-corrected chi connectivity index (χ2v) is 6.89. The molecule has 4 rings (SSSR count). The van der Waals surface area contributed by atoms with Gasteiger partial charge in [0.2, 0.25) is 0 Å². The van der Waals surface area contributed by atoms with E-state index in [2.05, 4.69) is 0 Å². The van der Waals surface area contributed by atoms with E-state index < -0.39 is 23.3 Å². The summed E-state index contributed by atoms with van der Waals surface area (Å²) in [5, 5.41) is 0. The van der Waals surface area contributed by atoms with Crippen LogP contribution in [-0.4, -0.2) is 0 Å². The van der Waals surface area contributed by atoms with E-state index in [0.29, 0.717) is 17.5 Å². The number of hydrogen-bond acceptors (Lipinski definition) is 0. The average Bonchev–Trinajstić information content (AvgIpc) is 2.68. The normalized spacial score (nSPS) is 10.9. The molecule has 4 aromatic rings. The molecule has 0 saturated heterocycles. The Kier molecular flexibility index (Phi) is 5.17. The average molecular weight is 392 g/mol. The van der Waals surface area contributed by atoms with Gasteiger partial charge >= 0.3 is 0 Å². The van der Waals surface area contributed by atoms with E-state index in [1.165, 1.54) is 24.3 Å². The third-order valence-electron chi connectivity index (χ3n) is 4.71. The van der Waals surface area contributed by atoms with Gasteiger partial charge in [0.15, 0.2) is 0 Å². The standard InChI is InChI=1S/C25H16F4/c26-22-10-20(11-23(27)14-22)18-5-1-16(2-6-18)9-17-3-7-19(8-4-17)21-12-24(28)15-25(29)13-21/h1-8,10-15H,9H2. The van der Waals surface area contributed by atoms with E-state index in [-0.39, 0.29) is 0 Å². The molecule has 0 aliphatic carbocycles. The fraction of sp³-hybridized carbons (Fsp3) is 0.0400. The molecule has 4 aromatic carbocycles. The highest BCUT2D eigenvalue weighted by Crippen LogP contribution is 2.25. The van der Waals surface area contributed by atoms with E-state index in [4.69, 9.17) is 0 Å². The maximum Gasteiger partial charge on any atom is 0.126 e. The van der Waals surface area contributed by atoms with Gasteiger partial charge in [0.1, 0.15) is 23.3 Å². The molecule has 0 unspecified atom stereocenters. The summed E-state index contributed by atoms with van der Waals surface area (Å²) in [5.74, 6) is -2.44. The molecular formula is C25H16F4. The van der Waals surface area contributed by atoms with Crippen molar-refractivity contribution in [3.05, 3.63) is 119 Å². The molecule has 0 spiro atoms. The molecule has 0 saturated carbocycles. The van der Waals surface area contributed by atoms with Crippen molar-refractivity contribution in [2.24, 2.45) is 0 Å². The summed E-state index contributed by atoms with van der Waals surface area (Å²) in [7, 11) is 0. The van der Waals surface area contributed by atoms with Crippen molar-refractivity contribution >= 4 is 0 Å². The topological polar surface area (TPSA) is 0 Å². The Labute approximate surface area is 166 Å². The molecule has 0 radical (unpaired) electrons. The van der Waals surface area contributed by atoms with Crippen molar-refractivity contribution < 1.29 is 17.6 Å². The van der Waals surface area contributed by atoms with Crippen molar-refractivity contribution in [2.75, 3.05) is 0 Å². The van der Waals surface area contributed by atoms with Crippen LogP contribution >= 0.6 is 0 Å². The molecule has 0 amide bonds. The summed E-state index contributed by atoms with van der Waals surface area (Å²) in [6.07, 6.45) is 0.662. The van der Waals surface area contributed by atoms with Crippen LogP contribution in [0.15, 0.2) is 84.9 Å². The molecule has 0 aliphatic rings. The van der Waals surface area contributed by atoms with E-state index in [0.717, 1.165) is 34.4 Å². The van der Waals surface area contributed by atoms with Crippen LogP contribution < -0.4 is 0 Å². The van der Waals surface area contributed by atoms with Gasteiger partial charge in [0, 0.05) is 12.1 Å². The van der Waals surface area contributed by atoms with Gasteiger partial charge in [-0.05, 0) is 64.1 Å². The lowest BCUT2D eigenvalue weighted by molar-refractivity contribution is 0.583. The van der Waals surface area contributed by atoms with Crippen LogP contribution in [0.3, 0.4) is 0 Å². The fourth-order valence-corrected chi connectivity index (χ4v) is 3.31. The van der Waals surface area contributed by atoms with Gasteiger partial charge < -0.3 is 0 Å². The lowest BCUT2D eigenvalue weighted by atomic mass is 9.98. The van der Waals surface area contributed by atoms with E-state index in [1.807, 2.05) is 48.5 Å². The minimum absolute atomic E-state index is 0.487. The maximum absolute atomic E-state index is 13.4. The minimum atomic E-state index is -0.609. The van der Waals surface area contributed by atoms with Crippen molar-refractivity contribution in [3.8, 4) is 22.3 Å². The molecule has 0 atom stereocenters. The first-order valence-corrected chi connectivity index (χ1v) is 9.07. The highest BCUT2D eigenvalue weighted by molar-refractivity contribution is 5.65. The van der Waals surface area contributed by atoms with Gasteiger partial charge in [0.05, 0.1) is 0 Å². The van der Waals surface area contributed by atoms with Gasteiger partial charge in [-0.25, -0.2) is 17.6 Å². The smallest absolute Gasteiger partial charge is 0.126 e. The van der Waals surface area contributed by atoms with Crippen LogP contribution in [0, 0.1) is 23.3 Å². The fourth-order valence-electron chi connectivity index (χ4n) is 3.31. The zero-order chi connectivity index (χ0) is 20.4. The summed E-state index contributed by atoms with van der Waals surface area (Å²) in [4.78, 5) is 0. The molecule has 0 N–H and O–H groups in total. The number of rotatable bonds is 4. The summed E-state index contributed by atoms with van der Waals surface area (Å²) < 4.78 is 53.6. The minimum Gasteiger partial charge on any atom is -0.207 e. The molecular weight excluding hydrogens is 376 g/mol. The van der Waals surface area contributed by atoms with Crippen LogP contribution in [-0.2, 0) is 6.42 Å². The number of halogens is 4. The first-order chi connectivity index (χ1) is 14.0. The predicted octanol–water partition coefficient (Wildman–Crippen LogP) is 7.17. The number of hydrogen-bond donors (Lipinski definition) is 0. The van der Waals surface area contributed by atoms with E-state index in [9.17, 15) is 17.6 Å². The van der Waals surface area contributed by atoms with E-state index >= 15 is 0 Å². The van der Waals surface area contributed by atoms with Gasteiger partial charge in [-0.15, -0.1) is 0 Å². The monoisotopic (exact) mass is 392 g/mol. The Hall–Kier alpha value is -3.40. The zero-order valence-electron chi connectivity index (χ0n) is 15.3. The molecule has 0 bridgehead atoms. The molecule has 4 heteroatoms. The first kappa shape index (κ1) is 18.9. The quantitative estimate of drug-likeness (QED) is 0.323. The molecule has 29 heavy (non-hydrogen) atoms. The lowest BCUT2D eigenvalue weighted by Gasteiger charge is -2.07.